The molecule has 1 fully saturated rings. The molecule has 5 nitrogen and oxygen atoms in total. The predicted octanol–water partition coefficient (Wildman–Crippen LogP) is 1.85. The molecule has 98 valence electrons. The number of carbonyl (C=O) groups excluding carboxylic acids is 1. The number of thiophene rings is 1. The van der Waals surface area contributed by atoms with Crippen molar-refractivity contribution in [3.8, 4) is 0 Å². The summed E-state index contributed by atoms with van der Waals surface area (Å²) >= 11 is 1.59. The Hall–Kier alpha value is -1.56. The van der Waals surface area contributed by atoms with E-state index in [1.54, 1.807) is 23.3 Å². The number of carboxylic acids is 1. The third-order valence-electron chi connectivity index (χ3n) is 2.84. The molecule has 1 aromatic rings. The lowest BCUT2D eigenvalue weighted by Crippen LogP contribution is -2.44. The van der Waals surface area contributed by atoms with Crippen LogP contribution in [-0.2, 0) is 11.3 Å². The molecular formula is C12H16N2O3S. The minimum atomic E-state index is -0.959. The molecule has 0 bridgehead atoms. The number of hydrogen-bond donors (Lipinski definition) is 1. The third-order valence-corrected chi connectivity index (χ3v) is 3.70. The van der Waals surface area contributed by atoms with Gasteiger partial charge >= 0.3 is 12.0 Å². The summed E-state index contributed by atoms with van der Waals surface area (Å²) in [6, 6.07) is 3.81. The smallest absolute Gasteiger partial charge is 0.323 e. The number of aliphatic carboxylic acids is 1. The van der Waals surface area contributed by atoms with Crippen molar-refractivity contribution < 1.29 is 14.7 Å². The van der Waals surface area contributed by atoms with Crippen molar-refractivity contribution in [3.63, 3.8) is 0 Å². The number of carbonyl (C=O) groups is 2. The molecule has 1 aliphatic carbocycles. The molecule has 0 unspecified atom stereocenters. The van der Waals surface area contributed by atoms with Gasteiger partial charge in [-0.1, -0.05) is 6.07 Å². The first-order valence-electron chi connectivity index (χ1n) is 5.84. The lowest BCUT2D eigenvalue weighted by Gasteiger charge is -2.26. The number of amides is 2. The van der Waals surface area contributed by atoms with Crippen LogP contribution in [0.3, 0.4) is 0 Å². The molecule has 0 atom stereocenters. The summed E-state index contributed by atoms with van der Waals surface area (Å²) in [5.41, 5.74) is 0. The first-order valence-corrected chi connectivity index (χ1v) is 6.72. The summed E-state index contributed by atoms with van der Waals surface area (Å²) < 4.78 is 0. The van der Waals surface area contributed by atoms with E-state index >= 15 is 0 Å². The summed E-state index contributed by atoms with van der Waals surface area (Å²) in [6.45, 7) is 0.317. The van der Waals surface area contributed by atoms with Gasteiger partial charge in [-0.15, -0.1) is 11.3 Å². The van der Waals surface area contributed by atoms with E-state index in [0.29, 0.717) is 6.54 Å². The molecule has 1 heterocycles. The molecule has 18 heavy (non-hydrogen) atoms. The quantitative estimate of drug-likeness (QED) is 0.886. The highest BCUT2D eigenvalue weighted by molar-refractivity contribution is 7.09. The second kappa shape index (κ2) is 5.39. The molecule has 2 amide bonds. The van der Waals surface area contributed by atoms with Gasteiger partial charge < -0.3 is 14.9 Å². The van der Waals surface area contributed by atoms with Crippen LogP contribution in [0, 0.1) is 0 Å². The van der Waals surface area contributed by atoms with E-state index < -0.39 is 5.97 Å². The Bertz CT molecular complexity index is 429. The van der Waals surface area contributed by atoms with Crippen LogP contribution in [0.15, 0.2) is 17.5 Å². The number of carboxylic acid groups (broad SMARTS) is 1. The highest BCUT2D eigenvalue weighted by atomic mass is 32.1. The van der Waals surface area contributed by atoms with Crippen LogP contribution in [0.1, 0.15) is 17.7 Å². The molecule has 0 saturated heterocycles. The average Bonchev–Trinajstić information content (AvgIpc) is 3.04. The Balaban J connectivity index is 1.96. The summed E-state index contributed by atoms with van der Waals surface area (Å²) in [5, 5.41) is 10.8. The number of urea groups is 1. The van der Waals surface area contributed by atoms with Crippen molar-refractivity contribution in [2.24, 2.45) is 0 Å². The first-order chi connectivity index (χ1) is 8.58. The molecule has 1 N–H and O–H groups in total. The molecule has 0 aliphatic heterocycles. The SMILES string of the molecule is CN(Cc1cccs1)C(=O)N(CC(=O)O)C1CC1. The Labute approximate surface area is 110 Å². The molecule has 2 rings (SSSR count). The second-order valence-corrected chi connectivity index (χ2v) is 5.50. The Morgan fingerprint density at radius 1 is 1.50 bits per heavy atom. The Kier molecular flexibility index (Phi) is 3.86. The minimum absolute atomic E-state index is 0.111. The van der Waals surface area contributed by atoms with E-state index in [1.165, 1.54) is 4.90 Å². The van der Waals surface area contributed by atoms with Gasteiger partial charge in [0.25, 0.3) is 0 Å². The zero-order valence-electron chi connectivity index (χ0n) is 10.2. The first kappa shape index (κ1) is 12.9. The van der Waals surface area contributed by atoms with E-state index in [2.05, 4.69) is 0 Å². The van der Waals surface area contributed by atoms with Gasteiger partial charge in [0.1, 0.15) is 6.54 Å². The van der Waals surface area contributed by atoms with Gasteiger partial charge in [0.05, 0.1) is 6.54 Å². The number of nitrogens with zero attached hydrogens (tertiary/aromatic N) is 2. The van der Waals surface area contributed by atoms with Crippen molar-refractivity contribution >= 4 is 23.3 Å². The summed E-state index contributed by atoms with van der Waals surface area (Å²) in [4.78, 5) is 27.1. The largest absolute Gasteiger partial charge is 0.480 e. The van der Waals surface area contributed by atoms with Crippen LogP contribution in [0.25, 0.3) is 0 Å². The van der Waals surface area contributed by atoms with Crippen LogP contribution in [0.4, 0.5) is 4.79 Å². The molecule has 0 aromatic carbocycles. The summed E-state index contributed by atoms with van der Waals surface area (Å²) in [5.74, 6) is -0.959. The maximum Gasteiger partial charge on any atom is 0.323 e. The van der Waals surface area contributed by atoms with Gasteiger partial charge in [-0.2, -0.15) is 0 Å². The topological polar surface area (TPSA) is 60.9 Å². The van der Waals surface area contributed by atoms with E-state index in [4.69, 9.17) is 5.11 Å². The van der Waals surface area contributed by atoms with Crippen molar-refractivity contribution in [1.82, 2.24) is 9.80 Å². The Morgan fingerprint density at radius 2 is 2.22 bits per heavy atom. The van der Waals surface area contributed by atoms with Crippen LogP contribution < -0.4 is 0 Å². The predicted molar refractivity (Wildman–Crippen MR) is 68.5 cm³/mol. The standard InChI is InChI=1S/C12H16N2O3S/c1-13(7-10-3-2-6-18-10)12(17)14(8-11(15)16)9-4-5-9/h2-3,6,9H,4-5,7-8H2,1H3,(H,15,16). The van der Waals surface area contributed by atoms with Gasteiger partial charge in [0, 0.05) is 18.0 Å². The molecule has 1 aromatic heterocycles. The lowest BCUT2D eigenvalue weighted by atomic mass is 10.4. The highest BCUT2D eigenvalue weighted by Gasteiger charge is 2.35. The van der Waals surface area contributed by atoms with Gasteiger partial charge in [-0.05, 0) is 24.3 Å². The summed E-state index contributed by atoms with van der Waals surface area (Å²) in [7, 11) is 1.71. The number of rotatable bonds is 5. The number of hydrogen-bond acceptors (Lipinski definition) is 3. The van der Waals surface area contributed by atoms with Gasteiger partial charge in [-0.25, -0.2) is 4.79 Å². The molecule has 0 spiro atoms. The highest BCUT2D eigenvalue weighted by Crippen LogP contribution is 2.27. The van der Waals surface area contributed by atoms with Crippen molar-refractivity contribution in [2.75, 3.05) is 13.6 Å². The van der Waals surface area contributed by atoms with Gasteiger partial charge in [-0.3, -0.25) is 4.79 Å². The maximum absolute atomic E-state index is 12.2. The lowest BCUT2D eigenvalue weighted by molar-refractivity contribution is -0.137. The summed E-state index contributed by atoms with van der Waals surface area (Å²) in [6.07, 6.45) is 1.82. The van der Waals surface area contributed by atoms with Crippen LogP contribution >= 0.6 is 11.3 Å². The van der Waals surface area contributed by atoms with E-state index in [1.807, 2.05) is 17.5 Å². The third kappa shape index (κ3) is 3.22. The fourth-order valence-corrected chi connectivity index (χ4v) is 2.57. The zero-order chi connectivity index (χ0) is 13.1. The Morgan fingerprint density at radius 3 is 2.72 bits per heavy atom. The van der Waals surface area contributed by atoms with E-state index in [-0.39, 0.29) is 18.6 Å². The van der Waals surface area contributed by atoms with Crippen LogP contribution in [0.5, 0.6) is 0 Å². The van der Waals surface area contributed by atoms with Crippen molar-refractivity contribution in [3.05, 3.63) is 22.4 Å². The van der Waals surface area contributed by atoms with E-state index in [9.17, 15) is 9.59 Å². The maximum atomic E-state index is 12.2. The van der Waals surface area contributed by atoms with Crippen molar-refractivity contribution in [1.29, 1.82) is 0 Å². The molecule has 1 aliphatic rings. The molecular weight excluding hydrogens is 252 g/mol. The van der Waals surface area contributed by atoms with Gasteiger partial charge in [0.15, 0.2) is 0 Å². The molecule has 0 radical (unpaired) electrons. The minimum Gasteiger partial charge on any atom is -0.480 e. The van der Waals surface area contributed by atoms with E-state index in [0.717, 1.165) is 17.7 Å². The van der Waals surface area contributed by atoms with Gasteiger partial charge in [0.2, 0.25) is 0 Å². The monoisotopic (exact) mass is 268 g/mol. The molecule has 1 saturated carbocycles. The second-order valence-electron chi connectivity index (χ2n) is 4.47. The fourth-order valence-electron chi connectivity index (χ4n) is 1.81. The van der Waals surface area contributed by atoms with Crippen molar-refractivity contribution in [2.45, 2.75) is 25.4 Å². The van der Waals surface area contributed by atoms with Crippen LogP contribution in [0.2, 0.25) is 0 Å². The normalized spacial score (nSPS) is 14.3. The average molecular weight is 268 g/mol. The fraction of sp³-hybridized carbons (Fsp3) is 0.500. The zero-order valence-corrected chi connectivity index (χ0v) is 11.0. The molecule has 6 heteroatoms. The van der Waals surface area contributed by atoms with Crippen LogP contribution in [-0.4, -0.2) is 46.5 Å².